The molecule has 2 unspecified atom stereocenters. The lowest BCUT2D eigenvalue weighted by molar-refractivity contribution is -0.140. The van der Waals surface area contributed by atoms with Gasteiger partial charge in [0.05, 0.1) is 24.7 Å². The van der Waals surface area contributed by atoms with Gasteiger partial charge in [0.25, 0.3) is 0 Å². The third kappa shape index (κ3) is 3.37. The first-order chi connectivity index (χ1) is 9.45. The molecule has 0 radical (unpaired) electrons. The third-order valence-electron chi connectivity index (χ3n) is 3.23. The summed E-state index contributed by atoms with van der Waals surface area (Å²) in [6.07, 6.45) is 7.31. The maximum absolute atomic E-state index is 12.0. The molecule has 7 nitrogen and oxygen atoms in total. The van der Waals surface area contributed by atoms with Gasteiger partial charge in [-0.25, -0.2) is 4.79 Å². The fourth-order valence-corrected chi connectivity index (χ4v) is 2.16. The summed E-state index contributed by atoms with van der Waals surface area (Å²) in [6, 6.07) is -0.450. The van der Waals surface area contributed by atoms with Crippen molar-refractivity contribution in [3.63, 3.8) is 0 Å². The van der Waals surface area contributed by atoms with Crippen molar-refractivity contribution in [3.8, 4) is 0 Å². The number of carbonyl (C=O) groups excluding carboxylic acids is 1. The molecule has 7 heteroatoms. The Kier molecular flexibility index (Phi) is 4.07. The standard InChI is InChI=1S/C13H18N4O3/c1-16(7-9-6-14-17(2)8-9)13(20)15-11-4-3-10(5-11)12(18)19/h3-4,6,8,10-11H,5,7H2,1-2H3,(H,15,20)(H,18,19). The number of hydrogen-bond acceptors (Lipinski definition) is 3. The number of rotatable bonds is 4. The molecule has 0 aromatic carbocycles. The fraction of sp³-hybridized carbons (Fsp3) is 0.462. The first-order valence-corrected chi connectivity index (χ1v) is 6.36. The number of urea groups is 1. The largest absolute Gasteiger partial charge is 0.481 e. The normalized spacial score (nSPS) is 20.9. The minimum atomic E-state index is -0.860. The van der Waals surface area contributed by atoms with E-state index in [4.69, 9.17) is 5.11 Å². The zero-order chi connectivity index (χ0) is 14.7. The van der Waals surface area contributed by atoms with Crippen molar-refractivity contribution >= 4 is 12.0 Å². The maximum Gasteiger partial charge on any atom is 0.317 e. The monoisotopic (exact) mass is 278 g/mol. The number of aromatic nitrogens is 2. The summed E-state index contributed by atoms with van der Waals surface area (Å²) < 4.78 is 1.68. The molecule has 0 saturated heterocycles. The lowest BCUT2D eigenvalue weighted by atomic mass is 10.1. The second kappa shape index (κ2) is 5.77. The lowest BCUT2D eigenvalue weighted by Gasteiger charge is -2.20. The number of hydrogen-bond donors (Lipinski definition) is 2. The summed E-state index contributed by atoms with van der Waals surface area (Å²) in [5, 5.41) is 15.7. The first kappa shape index (κ1) is 14.1. The molecule has 0 bridgehead atoms. The van der Waals surface area contributed by atoms with E-state index in [2.05, 4.69) is 10.4 Å². The number of amides is 2. The molecule has 2 rings (SSSR count). The molecule has 1 aliphatic rings. The highest BCUT2D eigenvalue weighted by Gasteiger charge is 2.26. The zero-order valence-electron chi connectivity index (χ0n) is 11.5. The van der Waals surface area contributed by atoms with Gasteiger partial charge in [-0.15, -0.1) is 0 Å². The summed E-state index contributed by atoms with van der Waals surface area (Å²) in [6.45, 7) is 0.457. The summed E-state index contributed by atoms with van der Waals surface area (Å²) >= 11 is 0. The average Bonchev–Trinajstić information content (AvgIpc) is 2.98. The lowest BCUT2D eigenvalue weighted by Crippen LogP contribution is -2.41. The van der Waals surface area contributed by atoms with Crippen molar-refractivity contribution in [2.75, 3.05) is 7.05 Å². The van der Waals surface area contributed by atoms with Gasteiger partial charge in [0.1, 0.15) is 0 Å². The Morgan fingerprint density at radius 2 is 2.30 bits per heavy atom. The highest BCUT2D eigenvalue weighted by atomic mass is 16.4. The first-order valence-electron chi connectivity index (χ1n) is 6.36. The third-order valence-corrected chi connectivity index (χ3v) is 3.23. The Balaban J connectivity index is 1.83. The molecule has 1 aliphatic carbocycles. The van der Waals surface area contributed by atoms with Crippen LogP contribution in [0.2, 0.25) is 0 Å². The Bertz CT molecular complexity index is 537. The van der Waals surface area contributed by atoms with E-state index >= 15 is 0 Å². The van der Waals surface area contributed by atoms with Crippen LogP contribution in [0, 0.1) is 5.92 Å². The Hall–Kier alpha value is -2.31. The van der Waals surface area contributed by atoms with Gasteiger partial charge in [-0.2, -0.15) is 5.10 Å². The van der Waals surface area contributed by atoms with Crippen molar-refractivity contribution < 1.29 is 14.7 Å². The summed E-state index contributed by atoms with van der Waals surface area (Å²) in [7, 11) is 3.51. The van der Waals surface area contributed by atoms with Gasteiger partial charge in [0.15, 0.2) is 0 Å². The van der Waals surface area contributed by atoms with E-state index in [0.717, 1.165) is 5.56 Å². The van der Waals surface area contributed by atoms with E-state index in [1.807, 2.05) is 13.2 Å². The molecule has 108 valence electrons. The quantitative estimate of drug-likeness (QED) is 0.789. The van der Waals surface area contributed by atoms with Gasteiger partial charge in [-0.3, -0.25) is 9.48 Å². The van der Waals surface area contributed by atoms with Crippen LogP contribution in [0.3, 0.4) is 0 Å². The summed E-state index contributed by atoms with van der Waals surface area (Å²) in [5.74, 6) is -1.37. The number of nitrogens with one attached hydrogen (secondary N) is 1. The van der Waals surface area contributed by atoms with Crippen molar-refractivity contribution in [2.24, 2.45) is 13.0 Å². The second-order valence-corrected chi connectivity index (χ2v) is 5.00. The number of carbonyl (C=O) groups is 2. The highest BCUT2D eigenvalue weighted by molar-refractivity contribution is 5.76. The Labute approximate surface area is 116 Å². The molecule has 0 saturated carbocycles. The predicted molar refractivity (Wildman–Crippen MR) is 71.9 cm³/mol. The van der Waals surface area contributed by atoms with Crippen molar-refractivity contribution in [3.05, 3.63) is 30.1 Å². The van der Waals surface area contributed by atoms with E-state index < -0.39 is 11.9 Å². The van der Waals surface area contributed by atoms with Gasteiger partial charge in [0, 0.05) is 25.9 Å². The van der Waals surface area contributed by atoms with Crippen molar-refractivity contribution in [2.45, 2.75) is 19.0 Å². The molecule has 0 fully saturated rings. The van der Waals surface area contributed by atoms with Crippen LogP contribution in [0.15, 0.2) is 24.5 Å². The van der Waals surface area contributed by atoms with Crippen LogP contribution in [0.25, 0.3) is 0 Å². The molecule has 2 atom stereocenters. The molecule has 1 aromatic heterocycles. The van der Waals surface area contributed by atoms with Crippen LogP contribution < -0.4 is 5.32 Å². The van der Waals surface area contributed by atoms with Crippen LogP contribution >= 0.6 is 0 Å². The molecule has 2 N–H and O–H groups in total. The SMILES string of the molecule is CN(Cc1cnn(C)c1)C(=O)NC1C=CC(C(=O)O)C1. The second-order valence-electron chi connectivity index (χ2n) is 5.00. The maximum atomic E-state index is 12.0. The Morgan fingerprint density at radius 3 is 2.85 bits per heavy atom. The highest BCUT2D eigenvalue weighted by Crippen LogP contribution is 2.18. The molecule has 1 aromatic rings. The number of nitrogens with zero attached hydrogens (tertiary/aromatic N) is 3. The molecule has 2 amide bonds. The number of aryl methyl sites for hydroxylation is 1. The van der Waals surface area contributed by atoms with Gasteiger partial charge in [0.2, 0.25) is 0 Å². The van der Waals surface area contributed by atoms with E-state index in [1.54, 1.807) is 35.0 Å². The van der Waals surface area contributed by atoms with Crippen LogP contribution in [0.4, 0.5) is 4.79 Å². The molecule has 0 spiro atoms. The van der Waals surface area contributed by atoms with Crippen LogP contribution in [-0.4, -0.2) is 44.9 Å². The van der Waals surface area contributed by atoms with Crippen molar-refractivity contribution in [1.82, 2.24) is 20.0 Å². The predicted octanol–water partition coefficient (Wildman–Crippen LogP) is 0.591. The average molecular weight is 278 g/mol. The van der Waals surface area contributed by atoms with Gasteiger partial charge in [-0.1, -0.05) is 12.2 Å². The van der Waals surface area contributed by atoms with Gasteiger partial charge >= 0.3 is 12.0 Å². The number of aliphatic carboxylic acids is 1. The molecule has 1 heterocycles. The van der Waals surface area contributed by atoms with Gasteiger partial charge < -0.3 is 15.3 Å². The minimum Gasteiger partial charge on any atom is -0.481 e. The topological polar surface area (TPSA) is 87.5 Å². The number of carboxylic acid groups (broad SMARTS) is 1. The van der Waals surface area contributed by atoms with E-state index in [9.17, 15) is 9.59 Å². The fourth-order valence-electron chi connectivity index (χ4n) is 2.16. The Morgan fingerprint density at radius 1 is 1.55 bits per heavy atom. The smallest absolute Gasteiger partial charge is 0.317 e. The molecule has 20 heavy (non-hydrogen) atoms. The summed E-state index contributed by atoms with van der Waals surface area (Å²) in [4.78, 5) is 24.4. The summed E-state index contributed by atoms with van der Waals surface area (Å²) in [5.41, 5.74) is 0.940. The minimum absolute atomic E-state index is 0.222. The molecule has 0 aliphatic heterocycles. The van der Waals surface area contributed by atoms with Crippen LogP contribution in [-0.2, 0) is 18.4 Å². The van der Waals surface area contributed by atoms with E-state index in [0.29, 0.717) is 13.0 Å². The van der Waals surface area contributed by atoms with E-state index in [1.165, 1.54) is 0 Å². The molecular weight excluding hydrogens is 260 g/mol. The van der Waals surface area contributed by atoms with Gasteiger partial charge in [-0.05, 0) is 6.42 Å². The van der Waals surface area contributed by atoms with E-state index in [-0.39, 0.29) is 12.1 Å². The molecular formula is C13H18N4O3. The van der Waals surface area contributed by atoms with Crippen LogP contribution in [0.5, 0.6) is 0 Å². The number of carboxylic acids is 1. The van der Waals surface area contributed by atoms with Crippen molar-refractivity contribution in [1.29, 1.82) is 0 Å². The van der Waals surface area contributed by atoms with Crippen LogP contribution in [0.1, 0.15) is 12.0 Å². The zero-order valence-corrected chi connectivity index (χ0v) is 11.5.